The first-order valence-corrected chi connectivity index (χ1v) is 14.5. The normalized spacial score (nSPS) is 22.4. The second-order valence-corrected chi connectivity index (χ2v) is 11.4. The van der Waals surface area contributed by atoms with E-state index < -0.39 is 12.1 Å². The first-order chi connectivity index (χ1) is 19.9. The number of aromatic nitrogens is 1. The number of pyridine rings is 1. The first kappa shape index (κ1) is 29.3. The molecule has 0 radical (unpaired) electrons. The minimum Gasteiger partial charge on any atom is -0.479 e. The van der Waals surface area contributed by atoms with Crippen molar-refractivity contribution < 1.29 is 28.9 Å². The van der Waals surface area contributed by atoms with Crippen LogP contribution in [0.4, 0.5) is 4.39 Å². The van der Waals surface area contributed by atoms with E-state index in [1.807, 2.05) is 6.07 Å². The molecule has 1 aromatic heterocycles. The summed E-state index contributed by atoms with van der Waals surface area (Å²) in [5, 5.41) is 21.2. The zero-order valence-corrected chi connectivity index (χ0v) is 23.3. The number of rotatable bonds is 7. The Bertz CT molecular complexity index is 1250. The molecular formula is C33H39FN2O5. The fourth-order valence-electron chi connectivity index (χ4n) is 6.53. The summed E-state index contributed by atoms with van der Waals surface area (Å²) < 4.78 is 25.5. The van der Waals surface area contributed by atoms with Crippen molar-refractivity contribution in [2.45, 2.75) is 68.1 Å². The maximum absolute atomic E-state index is 13.6. The van der Waals surface area contributed by atoms with Crippen LogP contribution in [-0.4, -0.2) is 59.2 Å². The highest BCUT2D eigenvalue weighted by atomic mass is 19.1. The molecular weight excluding hydrogens is 523 g/mol. The molecule has 2 aliphatic heterocycles. The molecule has 2 saturated heterocycles. The Kier molecular flexibility index (Phi) is 9.45. The van der Waals surface area contributed by atoms with Crippen molar-refractivity contribution in [2.24, 2.45) is 0 Å². The van der Waals surface area contributed by atoms with Gasteiger partial charge in [0.05, 0.1) is 11.8 Å². The van der Waals surface area contributed by atoms with Crippen molar-refractivity contribution >= 4 is 5.97 Å². The largest absolute Gasteiger partial charge is 0.479 e. The zero-order chi connectivity index (χ0) is 28.7. The Morgan fingerprint density at radius 3 is 2.29 bits per heavy atom. The van der Waals surface area contributed by atoms with Gasteiger partial charge >= 0.3 is 5.97 Å². The van der Waals surface area contributed by atoms with Gasteiger partial charge in [-0.05, 0) is 80.3 Å². The summed E-state index contributed by atoms with van der Waals surface area (Å²) in [4.78, 5) is 14.8. The summed E-state index contributed by atoms with van der Waals surface area (Å²) in [6.45, 7) is 3.18. The minimum absolute atomic E-state index is 0.0816. The maximum atomic E-state index is 13.6. The summed E-state index contributed by atoms with van der Waals surface area (Å²) in [7, 11) is 0. The van der Waals surface area contributed by atoms with Gasteiger partial charge in [0.1, 0.15) is 5.82 Å². The van der Waals surface area contributed by atoms with Gasteiger partial charge in [-0.15, -0.1) is 0 Å². The Morgan fingerprint density at radius 2 is 1.66 bits per heavy atom. The first-order valence-electron chi connectivity index (χ1n) is 14.5. The van der Waals surface area contributed by atoms with E-state index in [0.717, 1.165) is 77.0 Å². The van der Waals surface area contributed by atoms with E-state index in [0.29, 0.717) is 11.6 Å². The van der Waals surface area contributed by atoms with Gasteiger partial charge in [0.15, 0.2) is 6.10 Å². The lowest BCUT2D eigenvalue weighted by Crippen LogP contribution is -2.51. The monoisotopic (exact) mass is 562 g/mol. The lowest BCUT2D eigenvalue weighted by Gasteiger charge is -2.49. The van der Waals surface area contributed by atoms with Crippen molar-refractivity contribution in [1.29, 1.82) is 0 Å². The quantitative estimate of drug-likeness (QED) is 0.381. The summed E-state index contributed by atoms with van der Waals surface area (Å²) in [5.74, 6) is -1.50. The molecule has 7 nitrogen and oxygen atoms in total. The number of halogens is 1. The molecule has 3 aliphatic rings. The van der Waals surface area contributed by atoms with Crippen molar-refractivity contribution in [2.75, 3.05) is 26.4 Å². The highest BCUT2D eigenvalue weighted by molar-refractivity contribution is 5.73. The summed E-state index contributed by atoms with van der Waals surface area (Å²) in [6, 6.07) is 21.0. The second-order valence-electron chi connectivity index (χ2n) is 11.4. The molecule has 0 saturated carbocycles. The number of benzene rings is 2. The number of nitrogens with zero attached hydrogens (tertiary/aromatic N) is 1. The molecule has 0 bridgehead atoms. The van der Waals surface area contributed by atoms with Gasteiger partial charge < -0.3 is 25.0 Å². The van der Waals surface area contributed by atoms with E-state index in [4.69, 9.17) is 19.7 Å². The second kappa shape index (κ2) is 13.2. The number of nitrogens with one attached hydrogen (secondary N) is 1. The lowest BCUT2D eigenvalue weighted by molar-refractivity contribution is -0.154. The van der Waals surface area contributed by atoms with Crippen molar-refractivity contribution in [1.82, 2.24) is 10.3 Å². The van der Waals surface area contributed by atoms with E-state index in [1.54, 1.807) is 36.4 Å². The molecule has 1 spiro atoms. The number of fused-ring (bicyclic) bond motifs is 1. The van der Waals surface area contributed by atoms with Gasteiger partial charge in [-0.3, -0.25) is 4.98 Å². The summed E-state index contributed by atoms with van der Waals surface area (Å²) in [6.07, 6.45) is 6.88. The van der Waals surface area contributed by atoms with Gasteiger partial charge in [-0.2, -0.15) is 0 Å². The Labute approximate surface area is 240 Å². The molecule has 6 rings (SSSR count). The van der Waals surface area contributed by atoms with Crippen LogP contribution in [0.15, 0.2) is 72.9 Å². The van der Waals surface area contributed by atoms with Crippen LogP contribution in [0.2, 0.25) is 0 Å². The van der Waals surface area contributed by atoms with Gasteiger partial charge in [0.2, 0.25) is 0 Å². The van der Waals surface area contributed by atoms with Gasteiger partial charge in [-0.25, -0.2) is 9.18 Å². The number of hydrogen-bond donors (Lipinski definition) is 3. The van der Waals surface area contributed by atoms with Gasteiger partial charge in [0, 0.05) is 37.0 Å². The fourth-order valence-corrected chi connectivity index (χ4v) is 6.53. The number of hydrogen-bond acceptors (Lipinski definition) is 6. The van der Waals surface area contributed by atoms with Gasteiger partial charge in [0.25, 0.3) is 0 Å². The standard InChI is InChI=1S/C25H31FN2O2.C8H8O3/c26-21-5-6-23(28-17-21)24(8-14-30-25(18-24)9-12-29-13-10-25)7-11-27-22-15-19-3-1-2-4-20(19)16-22;9-7(8(10)11)6-4-2-1-3-5-6/h1-6,17,22,27H,7-16,18H2;1-5,7,9H,(H,10,11)/t24-;/m1./s1. The molecule has 218 valence electrons. The average Bonchev–Trinajstić information content (AvgIpc) is 3.41. The van der Waals surface area contributed by atoms with Crippen LogP contribution in [0.5, 0.6) is 0 Å². The van der Waals surface area contributed by atoms with Crippen LogP contribution in [-0.2, 0) is 32.5 Å². The predicted octanol–water partition coefficient (Wildman–Crippen LogP) is 4.77. The van der Waals surface area contributed by atoms with Crippen molar-refractivity contribution in [3.63, 3.8) is 0 Å². The number of aliphatic hydroxyl groups excluding tert-OH is 1. The SMILES string of the molecule is Fc1ccc([C@]2(CCNC3Cc4ccccc4C3)CCOC3(CCOCC3)C2)nc1.O=C(O)C(O)c1ccccc1. The molecule has 3 N–H and O–H groups in total. The third kappa shape index (κ3) is 7.19. The number of carboxylic acid groups (broad SMARTS) is 1. The molecule has 3 heterocycles. The van der Waals surface area contributed by atoms with Crippen LogP contribution in [0, 0.1) is 5.82 Å². The predicted molar refractivity (Wildman–Crippen MR) is 153 cm³/mol. The van der Waals surface area contributed by atoms with Gasteiger partial charge in [-0.1, -0.05) is 54.6 Å². The Morgan fingerprint density at radius 1 is 0.976 bits per heavy atom. The van der Waals surface area contributed by atoms with E-state index in [2.05, 4.69) is 34.6 Å². The minimum atomic E-state index is -1.41. The third-order valence-electron chi connectivity index (χ3n) is 8.76. The third-order valence-corrected chi connectivity index (χ3v) is 8.76. The number of aliphatic carboxylic acids is 1. The van der Waals surface area contributed by atoms with Crippen LogP contribution < -0.4 is 5.32 Å². The van der Waals surface area contributed by atoms with Crippen LogP contribution >= 0.6 is 0 Å². The maximum Gasteiger partial charge on any atom is 0.337 e. The van der Waals surface area contributed by atoms with E-state index in [1.165, 1.54) is 17.3 Å². The van der Waals surface area contributed by atoms with Crippen LogP contribution in [0.3, 0.4) is 0 Å². The fraction of sp³-hybridized carbons (Fsp3) is 0.455. The average molecular weight is 563 g/mol. The number of carbonyl (C=O) groups is 1. The van der Waals surface area contributed by atoms with Crippen LogP contribution in [0.1, 0.15) is 60.6 Å². The Balaban J connectivity index is 0.000000259. The van der Waals surface area contributed by atoms with E-state index >= 15 is 0 Å². The highest BCUT2D eigenvalue weighted by Crippen LogP contribution is 2.47. The van der Waals surface area contributed by atoms with E-state index in [-0.39, 0.29) is 16.8 Å². The molecule has 1 unspecified atom stereocenters. The molecule has 8 heteroatoms. The molecule has 41 heavy (non-hydrogen) atoms. The number of ether oxygens (including phenoxy) is 2. The number of carboxylic acids is 1. The summed E-state index contributed by atoms with van der Waals surface area (Å²) >= 11 is 0. The zero-order valence-electron chi connectivity index (χ0n) is 23.3. The van der Waals surface area contributed by atoms with Crippen molar-refractivity contribution in [3.8, 4) is 0 Å². The molecule has 3 aromatic rings. The van der Waals surface area contributed by atoms with Crippen LogP contribution in [0.25, 0.3) is 0 Å². The molecule has 2 fully saturated rings. The smallest absolute Gasteiger partial charge is 0.337 e. The molecule has 2 aromatic carbocycles. The molecule has 0 amide bonds. The topological polar surface area (TPSA) is 101 Å². The summed E-state index contributed by atoms with van der Waals surface area (Å²) in [5.41, 5.74) is 4.14. The number of aliphatic hydroxyl groups is 1. The van der Waals surface area contributed by atoms with E-state index in [9.17, 15) is 9.18 Å². The molecule has 1 aliphatic carbocycles. The Hall–Kier alpha value is -3.17. The van der Waals surface area contributed by atoms with Crippen molar-refractivity contribution in [3.05, 3.63) is 101 Å². The lowest BCUT2D eigenvalue weighted by atomic mass is 9.66. The molecule has 2 atom stereocenters. The highest BCUT2D eigenvalue weighted by Gasteiger charge is 2.48.